The van der Waals surface area contributed by atoms with Crippen molar-refractivity contribution in [3.63, 3.8) is 0 Å². The molecule has 26 heavy (non-hydrogen) atoms. The van der Waals surface area contributed by atoms with Gasteiger partial charge in [-0.05, 0) is 42.5 Å². The number of para-hydroxylation sites is 1. The number of rotatable bonds is 5. The number of nitrogens with zero attached hydrogens (tertiary/aromatic N) is 4. The van der Waals surface area contributed by atoms with Crippen LogP contribution in [0.15, 0.2) is 81.7 Å². The van der Waals surface area contributed by atoms with E-state index in [1.54, 1.807) is 22.5 Å². The summed E-state index contributed by atoms with van der Waals surface area (Å²) < 4.78 is 2.56. The van der Waals surface area contributed by atoms with Gasteiger partial charge in [0.2, 0.25) is 0 Å². The predicted molar refractivity (Wildman–Crippen MR) is 102 cm³/mol. The molecule has 0 fully saturated rings. The minimum Gasteiger partial charge on any atom is -0.322 e. The average Bonchev–Trinajstić information content (AvgIpc) is 3.37. The fourth-order valence-corrected chi connectivity index (χ4v) is 3.84. The highest BCUT2D eigenvalue weighted by Gasteiger charge is 2.13. The minimum atomic E-state index is -0.180. The highest BCUT2D eigenvalue weighted by Crippen LogP contribution is 2.29. The van der Waals surface area contributed by atoms with Gasteiger partial charge in [-0.25, -0.2) is 4.68 Å². The van der Waals surface area contributed by atoms with Gasteiger partial charge in [0, 0.05) is 23.0 Å². The fourth-order valence-electron chi connectivity index (χ4n) is 2.39. The number of aromatic nitrogens is 4. The van der Waals surface area contributed by atoms with Crippen LogP contribution in [-0.2, 0) is 0 Å². The van der Waals surface area contributed by atoms with Crippen molar-refractivity contribution in [1.29, 1.82) is 0 Å². The van der Waals surface area contributed by atoms with Crippen LogP contribution in [0.25, 0.3) is 5.69 Å². The zero-order chi connectivity index (χ0) is 17.8. The quantitative estimate of drug-likeness (QED) is 0.564. The Morgan fingerprint density at radius 2 is 1.92 bits per heavy atom. The minimum absolute atomic E-state index is 0.180. The van der Waals surface area contributed by atoms with Gasteiger partial charge in [0.25, 0.3) is 5.91 Å². The maximum Gasteiger partial charge on any atom is 0.257 e. The Balaban J connectivity index is 1.50. The standard InChI is InChI=1S/C18H13N5OS2/c24-17(15-4-1-2-5-16(15)23-11-3-10-20-23)21-13-6-8-14(9-7-13)26-18-22-19-12-25-18/h1-12H,(H,21,24). The van der Waals surface area contributed by atoms with E-state index in [0.29, 0.717) is 5.56 Å². The summed E-state index contributed by atoms with van der Waals surface area (Å²) in [6.45, 7) is 0. The molecule has 8 heteroatoms. The molecule has 0 saturated heterocycles. The van der Waals surface area contributed by atoms with Crippen LogP contribution < -0.4 is 5.32 Å². The number of anilines is 1. The number of carbonyl (C=O) groups excluding carboxylic acids is 1. The second kappa shape index (κ2) is 7.51. The van der Waals surface area contributed by atoms with Crippen LogP contribution in [0, 0.1) is 0 Å². The Labute approximate surface area is 157 Å². The molecule has 2 heterocycles. The molecule has 0 bridgehead atoms. The molecule has 0 saturated carbocycles. The van der Waals surface area contributed by atoms with Crippen molar-refractivity contribution in [2.24, 2.45) is 0 Å². The number of benzene rings is 2. The van der Waals surface area contributed by atoms with Gasteiger partial charge in [0.1, 0.15) is 5.51 Å². The Kier molecular flexibility index (Phi) is 4.76. The SMILES string of the molecule is O=C(Nc1ccc(Sc2nncs2)cc1)c1ccccc1-n1cccn1. The van der Waals surface area contributed by atoms with Crippen LogP contribution in [-0.4, -0.2) is 25.9 Å². The number of hydrogen-bond donors (Lipinski definition) is 1. The third-order valence-electron chi connectivity index (χ3n) is 3.56. The fraction of sp³-hybridized carbons (Fsp3) is 0. The van der Waals surface area contributed by atoms with Crippen molar-refractivity contribution >= 4 is 34.7 Å². The van der Waals surface area contributed by atoms with E-state index in [1.807, 2.05) is 54.7 Å². The monoisotopic (exact) mass is 379 g/mol. The summed E-state index contributed by atoms with van der Waals surface area (Å²) in [5.41, 5.74) is 3.72. The summed E-state index contributed by atoms with van der Waals surface area (Å²) in [7, 11) is 0. The first-order chi connectivity index (χ1) is 12.8. The van der Waals surface area contributed by atoms with E-state index in [0.717, 1.165) is 20.6 Å². The van der Waals surface area contributed by atoms with Gasteiger partial charge >= 0.3 is 0 Å². The topological polar surface area (TPSA) is 72.7 Å². The van der Waals surface area contributed by atoms with Crippen LogP contribution >= 0.6 is 23.1 Å². The second-order valence-electron chi connectivity index (χ2n) is 5.25. The van der Waals surface area contributed by atoms with Crippen LogP contribution in [0.3, 0.4) is 0 Å². The van der Waals surface area contributed by atoms with Crippen molar-refractivity contribution in [3.05, 3.63) is 78.1 Å². The zero-order valence-electron chi connectivity index (χ0n) is 13.4. The molecule has 1 N–H and O–H groups in total. The molecule has 0 spiro atoms. The van der Waals surface area contributed by atoms with Crippen molar-refractivity contribution in [2.75, 3.05) is 5.32 Å². The van der Waals surface area contributed by atoms with Gasteiger partial charge in [-0.15, -0.1) is 10.2 Å². The number of nitrogens with one attached hydrogen (secondary N) is 1. The number of hydrogen-bond acceptors (Lipinski definition) is 6. The first-order valence-electron chi connectivity index (χ1n) is 7.74. The van der Waals surface area contributed by atoms with Crippen molar-refractivity contribution in [1.82, 2.24) is 20.0 Å². The first-order valence-corrected chi connectivity index (χ1v) is 9.44. The van der Waals surface area contributed by atoms with Crippen LogP contribution in [0.1, 0.15) is 10.4 Å². The van der Waals surface area contributed by atoms with Crippen LogP contribution in [0.2, 0.25) is 0 Å². The summed E-state index contributed by atoms with van der Waals surface area (Å²) in [6.07, 6.45) is 3.49. The summed E-state index contributed by atoms with van der Waals surface area (Å²) in [4.78, 5) is 13.7. The third-order valence-corrected chi connectivity index (χ3v) is 5.34. The van der Waals surface area contributed by atoms with Crippen molar-refractivity contribution < 1.29 is 4.79 Å². The molecule has 0 radical (unpaired) electrons. The van der Waals surface area contributed by atoms with Crippen LogP contribution in [0.5, 0.6) is 0 Å². The highest BCUT2D eigenvalue weighted by molar-refractivity contribution is 8.01. The molecule has 0 aliphatic rings. The van der Waals surface area contributed by atoms with E-state index in [4.69, 9.17) is 0 Å². The van der Waals surface area contributed by atoms with Crippen LogP contribution in [0.4, 0.5) is 5.69 Å². The maximum absolute atomic E-state index is 12.7. The van der Waals surface area contributed by atoms with Gasteiger partial charge in [0.05, 0.1) is 11.3 Å². The van der Waals surface area contributed by atoms with Crippen molar-refractivity contribution in [2.45, 2.75) is 9.24 Å². The Morgan fingerprint density at radius 3 is 2.65 bits per heavy atom. The second-order valence-corrected chi connectivity index (χ2v) is 7.41. The highest BCUT2D eigenvalue weighted by atomic mass is 32.2. The van der Waals surface area contributed by atoms with E-state index in [1.165, 1.54) is 23.1 Å². The maximum atomic E-state index is 12.7. The molecule has 0 unspecified atom stereocenters. The van der Waals surface area contributed by atoms with E-state index < -0.39 is 0 Å². The van der Waals surface area contributed by atoms with E-state index in [2.05, 4.69) is 20.6 Å². The number of amides is 1. The first kappa shape index (κ1) is 16.5. The molecular weight excluding hydrogens is 366 g/mol. The van der Waals surface area contributed by atoms with Crippen molar-refractivity contribution in [3.8, 4) is 5.69 Å². The Bertz CT molecular complexity index is 999. The molecular formula is C18H13N5OS2. The largest absolute Gasteiger partial charge is 0.322 e. The molecule has 0 aliphatic heterocycles. The third kappa shape index (κ3) is 3.66. The van der Waals surface area contributed by atoms with Gasteiger partial charge in [-0.3, -0.25) is 4.79 Å². The van der Waals surface area contributed by atoms with E-state index in [-0.39, 0.29) is 5.91 Å². The lowest BCUT2D eigenvalue weighted by Crippen LogP contribution is -2.15. The lowest BCUT2D eigenvalue weighted by atomic mass is 10.1. The zero-order valence-corrected chi connectivity index (χ0v) is 15.1. The summed E-state index contributed by atoms with van der Waals surface area (Å²) >= 11 is 3.03. The lowest BCUT2D eigenvalue weighted by Gasteiger charge is -2.10. The molecule has 1 amide bonds. The Hall–Kier alpha value is -2.97. The van der Waals surface area contributed by atoms with E-state index in [9.17, 15) is 4.79 Å². The number of carbonyl (C=O) groups is 1. The molecule has 4 rings (SSSR count). The van der Waals surface area contributed by atoms with Gasteiger partial charge in [0.15, 0.2) is 4.34 Å². The van der Waals surface area contributed by atoms with Gasteiger partial charge < -0.3 is 5.32 Å². The van der Waals surface area contributed by atoms with Gasteiger partial charge in [-0.2, -0.15) is 5.10 Å². The summed E-state index contributed by atoms with van der Waals surface area (Å²) in [6, 6.07) is 16.8. The average molecular weight is 379 g/mol. The molecule has 2 aromatic carbocycles. The van der Waals surface area contributed by atoms with Gasteiger partial charge in [-0.1, -0.05) is 35.2 Å². The molecule has 4 aromatic rings. The summed E-state index contributed by atoms with van der Waals surface area (Å²) in [5.74, 6) is -0.180. The molecule has 0 aliphatic carbocycles. The lowest BCUT2D eigenvalue weighted by molar-refractivity contribution is 0.102. The molecule has 128 valence electrons. The molecule has 0 atom stereocenters. The normalized spacial score (nSPS) is 10.6. The smallest absolute Gasteiger partial charge is 0.257 e. The Morgan fingerprint density at radius 1 is 1.08 bits per heavy atom. The molecule has 6 nitrogen and oxygen atoms in total. The molecule has 2 aromatic heterocycles. The van der Waals surface area contributed by atoms with E-state index >= 15 is 0 Å². The summed E-state index contributed by atoms with van der Waals surface area (Å²) in [5, 5.41) is 15.0. The predicted octanol–water partition coefficient (Wildman–Crippen LogP) is 4.13.